The highest BCUT2D eigenvalue weighted by molar-refractivity contribution is 8.22. The lowest BCUT2D eigenvalue weighted by molar-refractivity contribution is -0.117. The molecule has 23 heavy (non-hydrogen) atoms. The van der Waals surface area contributed by atoms with E-state index in [-0.39, 0.29) is 22.4 Å². The highest BCUT2D eigenvalue weighted by Crippen LogP contribution is 2.43. The molecule has 1 aliphatic heterocycles. The number of unbranched alkanes of at least 4 members (excludes halogenated alkanes) is 1. The van der Waals surface area contributed by atoms with Crippen LogP contribution >= 0.6 is 23.5 Å². The molecular formula is C16H16N2O3S2. The Hall–Kier alpha value is -1.91. The van der Waals surface area contributed by atoms with E-state index in [0.717, 1.165) is 28.4 Å². The molecule has 0 aliphatic carbocycles. The third-order valence-corrected chi connectivity index (χ3v) is 5.87. The number of aromatic carboxylic acids is 1. The summed E-state index contributed by atoms with van der Waals surface area (Å²) >= 11 is 2.96. The number of amides is 1. The molecule has 0 saturated carbocycles. The number of carbonyl (C=O) groups is 2. The highest BCUT2D eigenvalue weighted by atomic mass is 32.2. The quantitative estimate of drug-likeness (QED) is 0.765. The van der Waals surface area contributed by atoms with Crippen molar-refractivity contribution in [3.05, 3.63) is 45.2 Å². The van der Waals surface area contributed by atoms with E-state index in [4.69, 9.17) is 5.11 Å². The van der Waals surface area contributed by atoms with Crippen LogP contribution in [0.3, 0.4) is 0 Å². The summed E-state index contributed by atoms with van der Waals surface area (Å²) in [5.41, 5.74) is 1.17. The minimum atomic E-state index is -0.987. The summed E-state index contributed by atoms with van der Waals surface area (Å²) in [5, 5.41) is 20.6. The van der Waals surface area contributed by atoms with E-state index >= 15 is 0 Å². The molecule has 5 nitrogen and oxygen atoms in total. The summed E-state index contributed by atoms with van der Waals surface area (Å²) in [6, 6.07) is 8.37. The Balaban J connectivity index is 2.19. The van der Waals surface area contributed by atoms with Gasteiger partial charge in [-0.15, -0.1) is 11.8 Å². The number of rotatable bonds is 6. The first-order valence-electron chi connectivity index (χ1n) is 7.14. The molecule has 1 amide bonds. The van der Waals surface area contributed by atoms with E-state index in [9.17, 15) is 14.9 Å². The number of thioether (sulfide) groups is 2. The van der Waals surface area contributed by atoms with Gasteiger partial charge in [0.15, 0.2) is 0 Å². The van der Waals surface area contributed by atoms with E-state index in [1.807, 2.05) is 6.07 Å². The lowest BCUT2D eigenvalue weighted by Gasteiger charge is -2.25. The average molecular weight is 348 g/mol. The minimum absolute atomic E-state index is 0.162. The molecule has 1 heterocycles. The zero-order valence-corrected chi connectivity index (χ0v) is 14.2. The van der Waals surface area contributed by atoms with Crippen molar-refractivity contribution in [2.24, 2.45) is 0 Å². The van der Waals surface area contributed by atoms with Crippen LogP contribution in [0.5, 0.6) is 0 Å². The van der Waals surface area contributed by atoms with Gasteiger partial charge >= 0.3 is 5.97 Å². The van der Waals surface area contributed by atoms with Crippen LogP contribution in [0.15, 0.2) is 34.1 Å². The summed E-state index contributed by atoms with van der Waals surface area (Å²) in [4.78, 5) is 23.0. The molecule has 1 aromatic carbocycles. The summed E-state index contributed by atoms with van der Waals surface area (Å²) < 4.78 is 0.733. The minimum Gasteiger partial charge on any atom is -0.478 e. The molecule has 0 saturated heterocycles. The van der Waals surface area contributed by atoms with Gasteiger partial charge in [0.1, 0.15) is 17.0 Å². The van der Waals surface area contributed by atoms with Crippen LogP contribution in [0.2, 0.25) is 0 Å². The molecule has 0 aromatic heterocycles. The van der Waals surface area contributed by atoms with Gasteiger partial charge in [-0.2, -0.15) is 5.26 Å². The largest absolute Gasteiger partial charge is 0.478 e. The highest BCUT2D eigenvalue weighted by Gasteiger charge is 2.29. The zero-order chi connectivity index (χ0) is 16.8. The van der Waals surface area contributed by atoms with E-state index < -0.39 is 5.97 Å². The molecule has 0 fully saturated rings. The Bertz CT molecular complexity index is 678. The first-order valence-corrected chi connectivity index (χ1v) is 9.01. The standard InChI is InChI=1S/C16H16N2O3S2/c1-2-3-8-22-16-12(9-17)13(19)18-14(23-16)10-4-6-11(7-5-10)15(20)21/h4-7,14H,2-3,8H2,1H3,(H,18,19)(H,20,21)/t14-/m1/s1. The van der Waals surface area contributed by atoms with Crippen molar-refractivity contribution >= 4 is 35.4 Å². The maximum absolute atomic E-state index is 12.1. The number of nitriles is 1. The normalized spacial score (nSPS) is 17.6. The predicted octanol–water partition coefficient (Wildman–Crippen LogP) is 3.51. The van der Waals surface area contributed by atoms with E-state index in [2.05, 4.69) is 12.2 Å². The summed E-state index contributed by atoms with van der Waals surface area (Å²) in [7, 11) is 0. The molecule has 2 N–H and O–H groups in total. The number of nitrogens with zero attached hydrogens (tertiary/aromatic N) is 1. The first-order chi connectivity index (χ1) is 11.1. The second-order valence-corrected chi connectivity index (χ2v) is 7.35. The summed E-state index contributed by atoms with van der Waals surface area (Å²) in [5.74, 6) is -0.501. The van der Waals surface area contributed by atoms with Crippen molar-refractivity contribution in [1.82, 2.24) is 5.32 Å². The Morgan fingerprint density at radius 2 is 2.13 bits per heavy atom. The van der Waals surface area contributed by atoms with Crippen molar-refractivity contribution in [3.8, 4) is 6.07 Å². The number of benzene rings is 1. The third kappa shape index (κ3) is 4.30. The van der Waals surface area contributed by atoms with Gasteiger partial charge in [-0.1, -0.05) is 37.2 Å². The van der Waals surface area contributed by atoms with Gasteiger partial charge in [0.2, 0.25) is 0 Å². The third-order valence-electron chi connectivity index (χ3n) is 3.22. The molecule has 7 heteroatoms. The van der Waals surface area contributed by atoms with Crippen LogP contribution in [0, 0.1) is 11.3 Å². The number of carboxylic acid groups (broad SMARTS) is 1. The van der Waals surface area contributed by atoms with Crippen molar-refractivity contribution in [1.29, 1.82) is 5.26 Å². The molecule has 120 valence electrons. The first kappa shape index (κ1) is 17.4. The van der Waals surface area contributed by atoms with Crippen molar-refractivity contribution in [2.75, 3.05) is 5.75 Å². The van der Waals surface area contributed by atoms with Gasteiger partial charge in [0.05, 0.1) is 9.80 Å². The van der Waals surface area contributed by atoms with Crippen molar-refractivity contribution in [2.45, 2.75) is 25.1 Å². The Morgan fingerprint density at radius 3 is 2.70 bits per heavy atom. The van der Waals surface area contributed by atoms with E-state index in [1.54, 1.807) is 12.1 Å². The second-order valence-electron chi connectivity index (χ2n) is 4.87. The fraction of sp³-hybridized carbons (Fsp3) is 0.312. The molecular weight excluding hydrogens is 332 g/mol. The van der Waals surface area contributed by atoms with E-state index in [0.29, 0.717) is 0 Å². The molecule has 2 rings (SSSR count). The monoisotopic (exact) mass is 348 g/mol. The van der Waals surface area contributed by atoms with E-state index in [1.165, 1.54) is 35.7 Å². The van der Waals surface area contributed by atoms with Gasteiger partial charge in [0.25, 0.3) is 5.91 Å². The van der Waals surface area contributed by atoms with Gasteiger partial charge in [-0.25, -0.2) is 4.79 Å². The van der Waals surface area contributed by atoms with Crippen LogP contribution < -0.4 is 5.32 Å². The summed E-state index contributed by atoms with van der Waals surface area (Å²) in [6.45, 7) is 2.09. The zero-order valence-electron chi connectivity index (χ0n) is 12.5. The molecule has 0 radical (unpaired) electrons. The van der Waals surface area contributed by atoms with Crippen molar-refractivity contribution in [3.63, 3.8) is 0 Å². The lowest BCUT2D eigenvalue weighted by atomic mass is 10.1. The number of carbonyl (C=O) groups excluding carboxylic acids is 1. The van der Waals surface area contributed by atoms with Crippen LogP contribution in [-0.4, -0.2) is 22.7 Å². The van der Waals surface area contributed by atoms with Crippen LogP contribution in [0.25, 0.3) is 0 Å². The van der Waals surface area contributed by atoms with Crippen LogP contribution in [0.1, 0.15) is 41.1 Å². The van der Waals surface area contributed by atoms with Crippen LogP contribution in [0.4, 0.5) is 0 Å². The van der Waals surface area contributed by atoms with Gasteiger partial charge in [-0.05, 0) is 29.9 Å². The molecule has 1 atom stereocenters. The van der Waals surface area contributed by atoms with Gasteiger partial charge in [0, 0.05) is 0 Å². The summed E-state index contributed by atoms with van der Waals surface area (Å²) in [6.07, 6.45) is 2.08. The fourth-order valence-corrected chi connectivity index (χ4v) is 4.58. The topological polar surface area (TPSA) is 90.2 Å². The molecule has 1 aromatic rings. The average Bonchev–Trinajstić information content (AvgIpc) is 2.55. The van der Waals surface area contributed by atoms with Gasteiger partial charge in [-0.3, -0.25) is 4.79 Å². The SMILES string of the molecule is CCCCSC1=C(C#N)C(=O)N[C@@H](c2ccc(C(=O)O)cc2)S1. The molecule has 0 spiro atoms. The Morgan fingerprint density at radius 1 is 1.43 bits per heavy atom. The molecule has 0 bridgehead atoms. The maximum Gasteiger partial charge on any atom is 0.335 e. The Labute approximate surface area is 143 Å². The molecule has 0 unspecified atom stereocenters. The predicted molar refractivity (Wildman–Crippen MR) is 91.9 cm³/mol. The number of hydrogen-bond acceptors (Lipinski definition) is 5. The maximum atomic E-state index is 12.1. The number of carboxylic acids is 1. The second kappa shape index (κ2) is 8.09. The number of nitrogens with one attached hydrogen (secondary N) is 1. The Kier molecular flexibility index (Phi) is 6.13. The van der Waals surface area contributed by atoms with Crippen molar-refractivity contribution < 1.29 is 14.7 Å². The van der Waals surface area contributed by atoms with Crippen LogP contribution in [-0.2, 0) is 4.79 Å². The number of hydrogen-bond donors (Lipinski definition) is 2. The smallest absolute Gasteiger partial charge is 0.335 e. The fourth-order valence-electron chi connectivity index (χ4n) is 1.94. The molecule has 1 aliphatic rings. The lowest BCUT2D eigenvalue weighted by Crippen LogP contribution is -2.31. The van der Waals surface area contributed by atoms with Gasteiger partial charge < -0.3 is 10.4 Å².